The number of oxazole rings is 1. The molecule has 1 aromatic carbocycles. The number of aromatic nitrogens is 1. The minimum atomic E-state index is 0.580. The van der Waals surface area contributed by atoms with Gasteiger partial charge < -0.3 is 4.42 Å². The molecule has 3 rings (SSSR count). The smallest absolute Gasteiger partial charge is 0.270 e. The zero-order valence-electron chi connectivity index (χ0n) is 9.76. The molecular weight excluding hydrogens is 232 g/mol. The molecule has 0 unspecified atom stereocenters. The van der Waals surface area contributed by atoms with Gasteiger partial charge in [0.05, 0.1) is 12.2 Å². The fourth-order valence-electron chi connectivity index (χ4n) is 2.45. The van der Waals surface area contributed by atoms with Crippen LogP contribution in [0, 0.1) is 4.84 Å². The molecule has 0 amide bonds. The highest BCUT2D eigenvalue weighted by molar-refractivity contribution is 7.71. The van der Waals surface area contributed by atoms with E-state index in [9.17, 15) is 0 Å². The fraction of sp³-hybridized carbons (Fsp3) is 0.462. The maximum absolute atomic E-state index is 5.59. The maximum Gasteiger partial charge on any atom is 0.270 e. The van der Waals surface area contributed by atoms with Gasteiger partial charge in [-0.15, -0.1) is 0 Å². The minimum Gasteiger partial charge on any atom is -0.429 e. The van der Waals surface area contributed by atoms with E-state index in [0.717, 1.165) is 17.8 Å². The van der Waals surface area contributed by atoms with Gasteiger partial charge in [0.25, 0.3) is 4.84 Å². The average Bonchev–Trinajstić information content (AvgIpc) is 2.68. The van der Waals surface area contributed by atoms with E-state index < -0.39 is 0 Å². The lowest BCUT2D eigenvalue weighted by Crippen LogP contribution is -2.31. The van der Waals surface area contributed by atoms with E-state index in [4.69, 9.17) is 16.6 Å². The van der Waals surface area contributed by atoms with E-state index in [1.807, 2.05) is 18.2 Å². The second-order valence-electron chi connectivity index (χ2n) is 4.58. The summed E-state index contributed by atoms with van der Waals surface area (Å²) in [6, 6.07) is 8.04. The van der Waals surface area contributed by atoms with Gasteiger partial charge in [0.15, 0.2) is 5.58 Å². The number of nitrogens with zero attached hydrogens (tertiary/aromatic N) is 2. The van der Waals surface area contributed by atoms with Gasteiger partial charge in [-0.25, -0.2) is 0 Å². The van der Waals surface area contributed by atoms with E-state index in [2.05, 4.69) is 15.5 Å². The number of fused-ring (bicyclic) bond motifs is 1. The first-order chi connectivity index (χ1) is 8.34. The molecule has 3 nitrogen and oxygen atoms in total. The third kappa shape index (κ3) is 2.15. The molecule has 0 N–H and O–H groups in total. The Hall–Kier alpha value is -1.13. The fourth-order valence-corrected chi connectivity index (χ4v) is 2.69. The van der Waals surface area contributed by atoms with Gasteiger partial charge in [-0.2, -0.15) is 0 Å². The summed E-state index contributed by atoms with van der Waals surface area (Å²) in [6.45, 7) is 3.19. The number of likely N-dealkylation sites (tertiary alicyclic amines) is 1. The maximum atomic E-state index is 5.59. The predicted molar refractivity (Wildman–Crippen MR) is 70.5 cm³/mol. The van der Waals surface area contributed by atoms with Crippen LogP contribution in [-0.2, 0) is 6.67 Å². The second kappa shape index (κ2) is 4.63. The molecule has 17 heavy (non-hydrogen) atoms. The Kier molecular flexibility index (Phi) is 2.99. The molecule has 0 spiro atoms. The summed E-state index contributed by atoms with van der Waals surface area (Å²) in [5, 5.41) is 0. The molecule has 2 aromatic rings. The van der Waals surface area contributed by atoms with Crippen molar-refractivity contribution in [1.29, 1.82) is 0 Å². The average molecular weight is 248 g/mol. The molecule has 0 atom stereocenters. The molecule has 0 saturated carbocycles. The topological polar surface area (TPSA) is 21.3 Å². The van der Waals surface area contributed by atoms with Crippen molar-refractivity contribution in [2.75, 3.05) is 13.1 Å². The quantitative estimate of drug-likeness (QED) is 0.760. The Labute approximate surface area is 106 Å². The third-order valence-corrected chi connectivity index (χ3v) is 3.67. The van der Waals surface area contributed by atoms with E-state index in [1.54, 1.807) is 0 Å². The molecule has 4 heteroatoms. The van der Waals surface area contributed by atoms with Crippen molar-refractivity contribution < 1.29 is 4.42 Å². The number of hydrogen-bond donors (Lipinski definition) is 0. The zero-order valence-corrected chi connectivity index (χ0v) is 10.6. The summed E-state index contributed by atoms with van der Waals surface area (Å²) >= 11 is 5.29. The lowest BCUT2D eigenvalue weighted by Gasteiger charge is -2.26. The molecule has 0 bridgehead atoms. The van der Waals surface area contributed by atoms with E-state index in [1.165, 1.54) is 32.4 Å². The van der Waals surface area contributed by atoms with E-state index >= 15 is 0 Å². The first kappa shape index (κ1) is 11.0. The lowest BCUT2D eigenvalue weighted by molar-refractivity contribution is 0.181. The van der Waals surface area contributed by atoms with Crippen molar-refractivity contribution in [3.8, 4) is 0 Å². The van der Waals surface area contributed by atoms with Gasteiger partial charge in [0.1, 0.15) is 0 Å². The number of rotatable bonds is 2. The SMILES string of the molecule is S=c1oc2ccccc2n1CN1CCCCC1. The van der Waals surface area contributed by atoms with Crippen LogP contribution < -0.4 is 0 Å². The molecule has 0 aliphatic carbocycles. The van der Waals surface area contributed by atoms with Crippen molar-refractivity contribution in [2.24, 2.45) is 0 Å². The van der Waals surface area contributed by atoms with Crippen molar-refractivity contribution in [3.63, 3.8) is 0 Å². The highest BCUT2D eigenvalue weighted by Gasteiger charge is 2.13. The Morgan fingerprint density at radius 1 is 1.12 bits per heavy atom. The summed E-state index contributed by atoms with van der Waals surface area (Å²) in [6.07, 6.45) is 3.94. The van der Waals surface area contributed by atoms with E-state index in [0.29, 0.717) is 4.84 Å². The summed E-state index contributed by atoms with van der Waals surface area (Å²) in [5.74, 6) is 0. The summed E-state index contributed by atoms with van der Waals surface area (Å²) in [4.78, 5) is 3.03. The van der Waals surface area contributed by atoms with Gasteiger partial charge in [-0.1, -0.05) is 18.6 Å². The largest absolute Gasteiger partial charge is 0.429 e. The number of benzene rings is 1. The van der Waals surface area contributed by atoms with Crippen molar-refractivity contribution in [1.82, 2.24) is 9.47 Å². The van der Waals surface area contributed by atoms with Crippen LogP contribution in [0.1, 0.15) is 19.3 Å². The standard InChI is InChI=1S/C13H16N2OS/c17-13-15(10-14-8-4-1-5-9-14)11-6-2-3-7-12(11)16-13/h2-3,6-7H,1,4-5,8-10H2. The molecule has 0 radical (unpaired) electrons. The van der Waals surface area contributed by atoms with Gasteiger partial charge in [0, 0.05) is 0 Å². The molecule has 1 fully saturated rings. The van der Waals surface area contributed by atoms with E-state index in [-0.39, 0.29) is 0 Å². The van der Waals surface area contributed by atoms with Gasteiger partial charge >= 0.3 is 0 Å². The van der Waals surface area contributed by atoms with Crippen LogP contribution in [0.25, 0.3) is 11.1 Å². The minimum absolute atomic E-state index is 0.580. The van der Waals surface area contributed by atoms with Crippen molar-refractivity contribution in [2.45, 2.75) is 25.9 Å². The van der Waals surface area contributed by atoms with Crippen LogP contribution in [0.15, 0.2) is 28.7 Å². The molecule has 1 saturated heterocycles. The summed E-state index contributed by atoms with van der Waals surface area (Å²) in [5.41, 5.74) is 1.98. The van der Waals surface area contributed by atoms with Crippen LogP contribution in [-0.4, -0.2) is 22.6 Å². The number of para-hydroxylation sites is 2. The van der Waals surface area contributed by atoms with Crippen molar-refractivity contribution >= 4 is 23.3 Å². The van der Waals surface area contributed by atoms with Crippen LogP contribution in [0.5, 0.6) is 0 Å². The Morgan fingerprint density at radius 3 is 2.71 bits per heavy atom. The van der Waals surface area contributed by atoms with Crippen LogP contribution in [0.2, 0.25) is 0 Å². The molecule has 2 heterocycles. The Morgan fingerprint density at radius 2 is 1.88 bits per heavy atom. The third-order valence-electron chi connectivity index (χ3n) is 3.36. The molecule has 1 aliphatic rings. The molecular formula is C13H16N2OS. The van der Waals surface area contributed by atoms with Crippen LogP contribution in [0.4, 0.5) is 0 Å². The molecule has 1 aromatic heterocycles. The van der Waals surface area contributed by atoms with Crippen molar-refractivity contribution in [3.05, 3.63) is 29.1 Å². The van der Waals surface area contributed by atoms with Gasteiger partial charge in [-0.05, 0) is 50.3 Å². The molecule has 1 aliphatic heterocycles. The Bertz CT molecular complexity index is 566. The molecule has 90 valence electrons. The first-order valence-corrected chi connectivity index (χ1v) is 6.56. The zero-order chi connectivity index (χ0) is 11.7. The number of piperidine rings is 1. The first-order valence-electron chi connectivity index (χ1n) is 6.15. The summed E-state index contributed by atoms with van der Waals surface area (Å²) < 4.78 is 7.68. The lowest BCUT2D eigenvalue weighted by atomic mass is 10.1. The second-order valence-corrected chi connectivity index (χ2v) is 4.93. The monoisotopic (exact) mass is 248 g/mol. The summed E-state index contributed by atoms with van der Waals surface area (Å²) in [7, 11) is 0. The highest BCUT2D eigenvalue weighted by Crippen LogP contribution is 2.18. The normalized spacial score (nSPS) is 17.6. The van der Waals surface area contributed by atoms with Crippen LogP contribution >= 0.6 is 12.2 Å². The number of hydrogen-bond acceptors (Lipinski definition) is 3. The highest BCUT2D eigenvalue weighted by atomic mass is 32.1. The van der Waals surface area contributed by atoms with Gasteiger partial charge in [0.2, 0.25) is 0 Å². The van der Waals surface area contributed by atoms with Crippen LogP contribution in [0.3, 0.4) is 0 Å². The predicted octanol–water partition coefficient (Wildman–Crippen LogP) is 3.41. The Balaban J connectivity index is 1.93. The van der Waals surface area contributed by atoms with Gasteiger partial charge in [-0.3, -0.25) is 9.47 Å².